The first kappa shape index (κ1) is 5.54. The molecule has 0 aromatic carbocycles. The quantitative estimate of drug-likeness (QED) is 0.472. The Morgan fingerprint density at radius 2 is 1.67 bits per heavy atom. The van der Waals surface area contributed by atoms with Gasteiger partial charge in [-0.3, -0.25) is 0 Å². The van der Waals surface area contributed by atoms with E-state index in [-0.39, 0.29) is 0 Å². The summed E-state index contributed by atoms with van der Waals surface area (Å²) in [4.78, 5) is 0. The first-order valence-corrected chi connectivity index (χ1v) is 2.33. The zero-order valence-corrected chi connectivity index (χ0v) is 4.58. The maximum absolute atomic E-state index is 2.89. The summed E-state index contributed by atoms with van der Waals surface area (Å²) in [5, 5.41) is 2.89. The third kappa shape index (κ3) is 3.54. The molecule has 0 fully saturated rings. The van der Waals surface area contributed by atoms with Crippen molar-refractivity contribution in [3.63, 3.8) is 0 Å². The van der Waals surface area contributed by atoms with Crippen molar-refractivity contribution < 1.29 is 0 Å². The Bertz CT molecular complexity index is 55.0. The van der Waals surface area contributed by atoms with Gasteiger partial charge in [0.1, 0.15) is 0 Å². The third-order valence-corrected chi connectivity index (χ3v) is 0.433. The molecule has 0 amide bonds. The molecule has 0 unspecified atom stereocenters. The summed E-state index contributed by atoms with van der Waals surface area (Å²) < 4.78 is 0. The molecule has 1 heterocycles. The zero-order chi connectivity index (χ0) is 4.99. The second-order valence-electron chi connectivity index (χ2n) is 0.972. The van der Waals surface area contributed by atoms with Gasteiger partial charge in [0.2, 0.25) is 0 Å². The SMILES string of the molecule is CC.CC1=CN1. The van der Waals surface area contributed by atoms with E-state index < -0.39 is 0 Å². The Labute approximate surface area is 39.1 Å². The predicted octanol–water partition coefficient (Wildman–Crippen LogP) is 1.48. The number of hydrogen-bond donors (Lipinski definition) is 1. The number of hydrogen-bond acceptors (Lipinski definition) is 1. The Kier molecular flexibility index (Phi) is 2.55. The largest absolute Gasteiger partial charge is 0.363 e. The predicted molar refractivity (Wildman–Crippen MR) is 28.2 cm³/mol. The van der Waals surface area contributed by atoms with E-state index >= 15 is 0 Å². The minimum absolute atomic E-state index is 1.29. The van der Waals surface area contributed by atoms with Crippen LogP contribution in [0.15, 0.2) is 11.9 Å². The Hall–Kier alpha value is -0.460. The van der Waals surface area contributed by atoms with Gasteiger partial charge in [-0.05, 0) is 6.92 Å². The van der Waals surface area contributed by atoms with Crippen LogP contribution < -0.4 is 5.32 Å². The molecule has 1 nitrogen and oxygen atoms in total. The second-order valence-corrected chi connectivity index (χ2v) is 0.972. The van der Waals surface area contributed by atoms with Gasteiger partial charge in [0.25, 0.3) is 0 Å². The van der Waals surface area contributed by atoms with Crippen LogP contribution in [0, 0.1) is 0 Å². The summed E-state index contributed by atoms with van der Waals surface area (Å²) in [7, 11) is 0. The minimum atomic E-state index is 1.29. The highest BCUT2D eigenvalue weighted by atomic mass is 15.0. The van der Waals surface area contributed by atoms with Crippen LogP contribution in [0.2, 0.25) is 0 Å². The van der Waals surface area contributed by atoms with E-state index in [1.807, 2.05) is 27.0 Å². The number of rotatable bonds is 0. The molecule has 0 radical (unpaired) electrons. The van der Waals surface area contributed by atoms with Gasteiger partial charge < -0.3 is 5.32 Å². The number of nitrogens with one attached hydrogen (secondary N) is 1. The first-order chi connectivity index (χ1) is 2.89. The lowest BCUT2D eigenvalue weighted by Crippen LogP contribution is -1.65. The first-order valence-electron chi connectivity index (χ1n) is 2.33. The monoisotopic (exact) mass is 85.1 g/mol. The smallest absolute Gasteiger partial charge is 0.0278 e. The van der Waals surface area contributed by atoms with Gasteiger partial charge in [0, 0.05) is 11.9 Å². The van der Waals surface area contributed by atoms with Crippen LogP contribution >= 0.6 is 0 Å². The highest BCUT2D eigenvalue weighted by Gasteiger charge is 1.90. The van der Waals surface area contributed by atoms with Gasteiger partial charge >= 0.3 is 0 Å². The normalized spacial score (nSPS) is 12.8. The van der Waals surface area contributed by atoms with E-state index in [0.29, 0.717) is 0 Å². The molecule has 0 spiro atoms. The zero-order valence-electron chi connectivity index (χ0n) is 4.58. The summed E-state index contributed by atoms with van der Waals surface area (Å²) in [5.41, 5.74) is 1.29. The lowest BCUT2D eigenvalue weighted by Gasteiger charge is -1.53. The van der Waals surface area contributed by atoms with Crippen LogP contribution in [0.1, 0.15) is 20.8 Å². The molecule has 0 aromatic rings. The van der Waals surface area contributed by atoms with E-state index in [0.717, 1.165) is 0 Å². The van der Waals surface area contributed by atoms with Crippen LogP contribution in [-0.2, 0) is 0 Å². The molecule has 36 valence electrons. The van der Waals surface area contributed by atoms with E-state index in [2.05, 4.69) is 5.32 Å². The molecule has 0 saturated carbocycles. The third-order valence-electron chi connectivity index (χ3n) is 0.433. The van der Waals surface area contributed by atoms with Crippen molar-refractivity contribution in [3.8, 4) is 0 Å². The van der Waals surface area contributed by atoms with Crippen molar-refractivity contribution in [2.75, 3.05) is 0 Å². The van der Waals surface area contributed by atoms with Crippen molar-refractivity contribution in [2.45, 2.75) is 20.8 Å². The Morgan fingerprint density at radius 1 is 1.50 bits per heavy atom. The summed E-state index contributed by atoms with van der Waals surface area (Å²) in [6.07, 6.45) is 1.96. The summed E-state index contributed by atoms with van der Waals surface area (Å²) in [6, 6.07) is 0. The van der Waals surface area contributed by atoms with Crippen molar-refractivity contribution in [1.29, 1.82) is 0 Å². The average Bonchev–Trinajstić information content (AvgIpc) is 2.30. The van der Waals surface area contributed by atoms with Crippen LogP contribution in [0.5, 0.6) is 0 Å². The average molecular weight is 85.1 g/mol. The summed E-state index contributed by atoms with van der Waals surface area (Å²) in [5.74, 6) is 0. The molecule has 1 aliphatic rings. The molecule has 0 atom stereocenters. The molecule has 1 heteroatoms. The fourth-order valence-corrected chi connectivity index (χ4v) is 0.0722. The summed E-state index contributed by atoms with van der Waals surface area (Å²) >= 11 is 0. The number of allylic oxidation sites excluding steroid dienone is 1. The van der Waals surface area contributed by atoms with Crippen molar-refractivity contribution in [2.24, 2.45) is 0 Å². The molecule has 1 rings (SSSR count). The molecule has 0 aliphatic carbocycles. The van der Waals surface area contributed by atoms with Crippen LogP contribution in [0.25, 0.3) is 0 Å². The van der Waals surface area contributed by atoms with Gasteiger partial charge in [-0.25, -0.2) is 0 Å². The van der Waals surface area contributed by atoms with Gasteiger partial charge in [0.15, 0.2) is 0 Å². The van der Waals surface area contributed by atoms with E-state index in [4.69, 9.17) is 0 Å². The Balaban J connectivity index is 0.000000112. The second kappa shape index (κ2) is 2.76. The topological polar surface area (TPSA) is 21.9 Å². The minimum Gasteiger partial charge on any atom is -0.363 e. The molecule has 0 saturated heterocycles. The lowest BCUT2D eigenvalue weighted by molar-refractivity contribution is 1.31. The fraction of sp³-hybridized carbons (Fsp3) is 0.600. The molecular formula is C5H11N. The maximum atomic E-state index is 2.89. The Morgan fingerprint density at radius 3 is 1.67 bits per heavy atom. The molecule has 1 N–H and O–H groups in total. The van der Waals surface area contributed by atoms with E-state index in [1.165, 1.54) is 5.70 Å². The van der Waals surface area contributed by atoms with Gasteiger partial charge in [0.05, 0.1) is 0 Å². The standard InChI is InChI=1S/C3H5N.C2H6/c1-3-2-4-3;1-2/h2,4H,1H3;1-2H3. The highest BCUT2D eigenvalue weighted by Crippen LogP contribution is 1.93. The van der Waals surface area contributed by atoms with E-state index in [9.17, 15) is 0 Å². The van der Waals surface area contributed by atoms with Crippen molar-refractivity contribution >= 4 is 0 Å². The van der Waals surface area contributed by atoms with Gasteiger partial charge in [-0.15, -0.1) is 0 Å². The lowest BCUT2D eigenvalue weighted by atomic mass is 10.7. The molecule has 1 aliphatic heterocycles. The van der Waals surface area contributed by atoms with Crippen molar-refractivity contribution in [3.05, 3.63) is 11.9 Å². The van der Waals surface area contributed by atoms with Crippen LogP contribution in [0.3, 0.4) is 0 Å². The molecule has 0 aromatic heterocycles. The van der Waals surface area contributed by atoms with Crippen LogP contribution in [0.4, 0.5) is 0 Å². The van der Waals surface area contributed by atoms with E-state index in [1.54, 1.807) is 0 Å². The van der Waals surface area contributed by atoms with Gasteiger partial charge in [-0.1, -0.05) is 13.8 Å². The molecule has 6 heavy (non-hydrogen) atoms. The summed E-state index contributed by atoms with van der Waals surface area (Å²) in [6.45, 7) is 6.03. The van der Waals surface area contributed by atoms with Crippen LogP contribution in [-0.4, -0.2) is 0 Å². The highest BCUT2D eigenvalue weighted by molar-refractivity contribution is 5.11. The fourth-order valence-electron chi connectivity index (χ4n) is 0.0722. The van der Waals surface area contributed by atoms with Crippen molar-refractivity contribution in [1.82, 2.24) is 5.32 Å². The van der Waals surface area contributed by atoms with Gasteiger partial charge in [-0.2, -0.15) is 0 Å². The molecular weight excluding hydrogens is 74.1 g/mol. The molecule has 0 bridgehead atoms. The maximum Gasteiger partial charge on any atom is 0.0278 e.